The maximum absolute atomic E-state index is 6.01. The van der Waals surface area contributed by atoms with Crippen LogP contribution in [0.5, 0.6) is 11.5 Å². The van der Waals surface area contributed by atoms with Gasteiger partial charge in [0, 0.05) is 6.54 Å². The molecule has 2 N–H and O–H groups in total. The number of methoxy groups -OCH3 is 1. The Morgan fingerprint density at radius 1 is 1.25 bits per heavy atom. The average molecular weight is 279 g/mol. The second-order valence-electron chi connectivity index (χ2n) is 5.58. The van der Waals surface area contributed by atoms with E-state index in [0.717, 1.165) is 24.3 Å². The van der Waals surface area contributed by atoms with Gasteiger partial charge in [-0.3, -0.25) is 0 Å². The first-order valence-corrected chi connectivity index (χ1v) is 7.29. The summed E-state index contributed by atoms with van der Waals surface area (Å²) in [6.07, 6.45) is 3.31. The molecule has 1 saturated carbocycles. The Kier molecular flexibility index (Phi) is 5.26. The summed E-state index contributed by atoms with van der Waals surface area (Å²) in [5.41, 5.74) is 5.75. The van der Waals surface area contributed by atoms with Crippen LogP contribution in [0.3, 0.4) is 0 Å². The van der Waals surface area contributed by atoms with Crippen molar-refractivity contribution < 1.29 is 14.2 Å². The predicted octanol–water partition coefficient (Wildman–Crippen LogP) is 2.61. The molecule has 1 fully saturated rings. The highest BCUT2D eigenvalue weighted by atomic mass is 16.5. The molecular weight excluding hydrogens is 254 g/mol. The highest BCUT2D eigenvalue weighted by molar-refractivity contribution is 5.39. The molecule has 0 aliphatic heterocycles. The van der Waals surface area contributed by atoms with Crippen molar-refractivity contribution >= 4 is 0 Å². The zero-order valence-electron chi connectivity index (χ0n) is 12.4. The van der Waals surface area contributed by atoms with Crippen LogP contribution in [-0.4, -0.2) is 32.5 Å². The molecule has 1 aromatic carbocycles. The number of ether oxygens (including phenoxy) is 3. The van der Waals surface area contributed by atoms with Crippen LogP contribution in [-0.2, 0) is 4.74 Å². The Morgan fingerprint density at radius 2 is 2.00 bits per heavy atom. The Hall–Kier alpha value is -1.26. The number of nitrogens with two attached hydrogens (primary N) is 1. The van der Waals surface area contributed by atoms with Crippen molar-refractivity contribution in [2.75, 3.05) is 26.9 Å². The second kappa shape index (κ2) is 6.95. The first-order valence-electron chi connectivity index (χ1n) is 7.29. The molecule has 0 aromatic heterocycles. The van der Waals surface area contributed by atoms with Crippen LogP contribution < -0.4 is 15.2 Å². The molecular formula is C16H25NO3. The lowest BCUT2D eigenvalue weighted by Crippen LogP contribution is -2.39. The van der Waals surface area contributed by atoms with Gasteiger partial charge >= 0.3 is 0 Å². The van der Waals surface area contributed by atoms with Crippen LogP contribution in [0.4, 0.5) is 0 Å². The third-order valence-electron chi connectivity index (χ3n) is 4.00. The molecule has 4 nitrogen and oxygen atoms in total. The van der Waals surface area contributed by atoms with Crippen molar-refractivity contribution in [2.45, 2.75) is 31.8 Å². The van der Waals surface area contributed by atoms with Gasteiger partial charge in [0.1, 0.15) is 6.61 Å². The molecule has 2 rings (SSSR count). The maximum atomic E-state index is 6.01. The molecule has 1 aliphatic carbocycles. The normalized spacial score (nSPS) is 25.6. The molecule has 0 heterocycles. The fraction of sp³-hybridized carbons (Fsp3) is 0.625. The van der Waals surface area contributed by atoms with E-state index in [0.29, 0.717) is 25.7 Å². The SMILES string of the molecule is COc1ccccc1OCCOC1(CN)CCC(C)C1. The number of para-hydroxylation sites is 2. The fourth-order valence-corrected chi connectivity index (χ4v) is 2.87. The topological polar surface area (TPSA) is 53.7 Å². The quantitative estimate of drug-likeness (QED) is 0.780. The first kappa shape index (κ1) is 15.1. The zero-order chi connectivity index (χ0) is 14.4. The Morgan fingerprint density at radius 3 is 2.60 bits per heavy atom. The molecule has 2 unspecified atom stereocenters. The van der Waals surface area contributed by atoms with Crippen molar-refractivity contribution in [3.63, 3.8) is 0 Å². The number of hydrogen-bond acceptors (Lipinski definition) is 4. The molecule has 0 radical (unpaired) electrons. The Labute approximate surface area is 121 Å². The summed E-state index contributed by atoms with van der Waals surface area (Å²) < 4.78 is 17.0. The molecule has 0 saturated heterocycles. The van der Waals surface area contributed by atoms with E-state index < -0.39 is 0 Å². The fourth-order valence-electron chi connectivity index (χ4n) is 2.87. The predicted molar refractivity (Wildman–Crippen MR) is 79.2 cm³/mol. The lowest BCUT2D eigenvalue weighted by molar-refractivity contribution is -0.0464. The second-order valence-corrected chi connectivity index (χ2v) is 5.58. The summed E-state index contributed by atoms with van der Waals surface area (Å²) in [5, 5.41) is 0. The highest BCUT2D eigenvalue weighted by Crippen LogP contribution is 2.36. The maximum Gasteiger partial charge on any atom is 0.161 e. The van der Waals surface area contributed by atoms with Gasteiger partial charge in [-0.2, -0.15) is 0 Å². The summed E-state index contributed by atoms with van der Waals surface area (Å²) in [6, 6.07) is 7.63. The monoisotopic (exact) mass is 279 g/mol. The van der Waals surface area contributed by atoms with E-state index in [-0.39, 0.29) is 5.60 Å². The molecule has 1 aromatic rings. The lowest BCUT2D eigenvalue weighted by Gasteiger charge is -2.28. The third-order valence-corrected chi connectivity index (χ3v) is 4.00. The summed E-state index contributed by atoms with van der Waals surface area (Å²) >= 11 is 0. The number of rotatable bonds is 7. The molecule has 4 heteroatoms. The average Bonchev–Trinajstić information content (AvgIpc) is 2.86. The zero-order valence-corrected chi connectivity index (χ0v) is 12.4. The van der Waals surface area contributed by atoms with Gasteiger partial charge in [0.15, 0.2) is 11.5 Å². The smallest absolute Gasteiger partial charge is 0.161 e. The van der Waals surface area contributed by atoms with E-state index in [1.807, 2.05) is 24.3 Å². The van der Waals surface area contributed by atoms with Gasteiger partial charge in [0.2, 0.25) is 0 Å². The van der Waals surface area contributed by atoms with E-state index in [2.05, 4.69) is 6.92 Å². The first-order chi connectivity index (χ1) is 9.69. The summed E-state index contributed by atoms with van der Waals surface area (Å²) in [5.74, 6) is 2.20. The van der Waals surface area contributed by atoms with E-state index in [4.69, 9.17) is 19.9 Å². The van der Waals surface area contributed by atoms with Crippen molar-refractivity contribution in [1.82, 2.24) is 0 Å². The van der Waals surface area contributed by atoms with Crippen LogP contribution in [0, 0.1) is 5.92 Å². The van der Waals surface area contributed by atoms with Gasteiger partial charge in [-0.1, -0.05) is 19.1 Å². The van der Waals surface area contributed by atoms with Gasteiger partial charge in [-0.15, -0.1) is 0 Å². The summed E-state index contributed by atoms with van der Waals surface area (Å²) in [4.78, 5) is 0. The van der Waals surface area contributed by atoms with Gasteiger partial charge < -0.3 is 19.9 Å². The molecule has 0 amide bonds. The van der Waals surface area contributed by atoms with Crippen LogP contribution >= 0.6 is 0 Å². The molecule has 0 bridgehead atoms. The Bertz CT molecular complexity index is 424. The van der Waals surface area contributed by atoms with E-state index in [9.17, 15) is 0 Å². The third kappa shape index (κ3) is 3.64. The summed E-state index contributed by atoms with van der Waals surface area (Å²) in [6.45, 7) is 3.91. The van der Waals surface area contributed by atoms with Crippen LogP contribution in [0.2, 0.25) is 0 Å². The Balaban J connectivity index is 1.79. The van der Waals surface area contributed by atoms with E-state index >= 15 is 0 Å². The number of benzene rings is 1. The van der Waals surface area contributed by atoms with Crippen LogP contribution in [0.15, 0.2) is 24.3 Å². The molecule has 0 spiro atoms. The highest BCUT2D eigenvalue weighted by Gasteiger charge is 2.37. The van der Waals surface area contributed by atoms with Gasteiger partial charge in [-0.05, 0) is 37.3 Å². The van der Waals surface area contributed by atoms with Crippen molar-refractivity contribution in [1.29, 1.82) is 0 Å². The standard InChI is InChI=1S/C16H25NO3/c1-13-7-8-16(11-13,12-17)20-10-9-19-15-6-4-3-5-14(15)18-2/h3-6,13H,7-12,17H2,1-2H3. The van der Waals surface area contributed by atoms with Crippen molar-refractivity contribution in [2.24, 2.45) is 11.7 Å². The molecule has 2 atom stereocenters. The molecule has 20 heavy (non-hydrogen) atoms. The molecule has 112 valence electrons. The summed E-state index contributed by atoms with van der Waals surface area (Å²) in [7, 11) is 1.64. The minimum Gasteiger partial charge on any atom is -0.493 e. The van der Waals surface area contributed by atoms with Crippen molar-refractivity contribution in [3.05, 3.63) is 24.3 Å². The van der Waals surface area contributed by atoms with Crippen LogP contribution in [0.25, 0.3) is 0 Å². The van der Waals surface area contributed by atoms with Crippen LogP contribution in [0.1, 0.15) is 26.2 Å². The van der Waals surface area contributed by atoms with E-state index in [1.165, 1.54) is 6.42 Å². The van der Waals surface area contributed by atoms with E-state index in [1.54, 1.807) is 7.11 Å². The minimum absolute atomic E-state index is 0.135. The minimum atomic E-state index is -0.135. The lowest BCUT2D eigenvalue weighted by atomic mass is 10.0. The van der Waals surface area contributed by atoms with Crippen molar-refractivity contribution in [3.8, 4) is 11.5 Å². The largest absolute Gasteiger partial charge is 0.493 e. The number of hydrogen-bond donors (Lipinski definition) is 1. The van der Waals surface area contributed by atoms with Gasteiger partial charge in [0.25, 0.3) is 0 Å². The van der Waals surface area contributed by atoms with Gasteiger partial charge in [0.05, 0.1) is 19.3 Å². The molecule has 1 aliphatic rings. The van der Waals surface area contributed by atoms with Gasteiger partial charge in [-0.25, -0.2) is 0 Å².